The van der Waals surface area contributed by atoms with E-state index < -0.39 is 0 Å². The zero-order valence-corrected chi connectivity index (χ0v) is 15.6. The molecule has 2 aromatic rings. The molecular weight excluding hydrogens is 391 g/mol. The minimum Gasteiger partial charge on any atom is -0.0619 e. The molecule has 0 amide bonds. The molecule has 0 N–H and O–H groups in total. The van der Waals surface area contributed by atoms with Crippen LogP contribution in [0.1, 0.15) is 84.5 Å². The number of hydrogen-bond acceptors (Lipinski definition) is 0. The van der Waals surface area contributed by atoms with E-state index in [9.17, 15) is 0 Å². The molecule has 0 spiro atoms. The Kier molecular flexibility index (Phi) is 2.83. The van der Waals surface area contributed by atoms with Crippen molar-refractivity contribution in [3.05, 3.63) is 65.8 Å². The van der Waals surface area contributed by atoms with Crippen LogP contribution in [0.2, 0.25) is 0 Å². The fourth-order valence-electron chi connectivity index (χ4n) is 5.97. The monoisotopic (exact) mass is 413 g/mol. The van der Waals surface area contributed by atoms with Crippen molar-refractivity contribution < 1.29 is 21.2 Å². The topological polar surface area (TPSA) is 0 Å². The highest BCUT2D eigenvalue weighted by molar-refractivity contribution is 5.52. The molecule has 0 aromatic heterocycles. The summed E-state index contributed by atoms with van der Waals surface area (Å²) in [6.45, 7) is 0. The van der Waals surface area contributed by atoms with Crippen molar-refractivity contribution in [2.75, 3.05) is 0 Å². The molecule has 2 fully saturated rings. The largest absolute Gasteiger partial charge is 0.358 e. The molecule has 0 nitrogen and oxygen atoms in total. The summed E-state index contributed by atoms with van der Waals surface area (Å²) in [5.41, 5.74) is 7.34. The van der Waals surface area contributed by atoms with E-state index in [-0.39, 0.29) is 21.2 Å². The van der Waals surface area contributed by atoms with Gasteiger partial charge in [0.15, 0.2) is 3.57 Å². The Balaban J connectivity index is 1.58. The smallest absolute Gasteiger partial charge is 0.0619 e. The highest BCUT2D eigenvalue weighted by atomic mass is 127. The van der Waals surface area contributed by atoms with Crippen molar-refractivity contribution in [1.82, 2.24) is 0 Å². The van der Waals surface area contributed by atoms with Gasteiger partial charge in [0.05, 0.1) is 0 Å². The van der Waals surface area contributed by atoms with Crippen LogP contribution in [0.25, 0.3) is 0 Å². The lowest BCUT2D eigenvalue weighted by atomic mass is 9.83. The average molecular weight is 413 g/mol. The quantitative estimate of drug-likeness (QED) is 0.664. The van der Waals surface area contributed by atoms with Crippen molar-refractivity contribution >= 4 is 0 Å². The molecule has 1 heteroatoms. The number of hydrogen-bond donors (Lipinski definition) is 0. The van der Waals surface area contributed by atoms with Gasteiger partial charge in [-0.05, 0) is 85.5 Å². The van der Waals surface area contributed by atoms with E-state index in [1.165, 1.54) is 38.5 Å². The molecule has 0 heterocycles. The third kappa shape index (κ3) is 1.83. The summed E-state index contributed by atoms with van der Waals surface area (Å²) in [7, 11) is 0. The zero-order chi connectivity index (χ0) is 15.0. The number of benzene rings is 2. The van der Waals surface area contributed by atoms with E-state index in [0.717, 1.165) is 23.7 Å². The standard InChI is InChI=1S/C22H22I/c1-2-4-17(5-3-1)23-22-20-15-8-6-13(10-15)18(20)12-19-14-7-9-16(11-14)21(19)22/h1-5,12-16H,6-11H2/q+1/t13-,14-,15+,16+/m0/s1. The number of rotatable bonds is 2. The zero-order valence-electron chi connectivity index (χ0n) is 13.4. The van der Waals surface area contributed by atoms with Crippen molar-refractivity contribution in [2.45, 2.75) is 62.2 Å². The maximum atomic E-state index is 2.70. The van der Waals surface area contributed by atoms with E-state index in [1.807, 2.05) is 14.7 Å². The van der Waals surface area contributed by atoms with Gasteiger partial charge in [-0.1, -0.05) is 24.3 Å². The van der Waals surface area contributed by atoms with E-state index in [4.69, 9.17) is 0 Å². The minimum atomic E-state index is -0.00645. The van der Waals surface area contributed by atoms with Gasteiger partial charge in [-0.2, -0.15) is 0 Å². The molecule has 4 bridgehead atoms. The van der Waals surface area contributed by atoms with Crippen LogP contribution in [-0.2, 0) is 0 Å². The molecule has 4 aliphatic carbocycles. The normalized spacial score (nSPS) is 32.3. The van der Waals surface area contributed by atoms with Crippen LogP contribution in [0, 0.1) is 7.14 Å². The first kappa shape index (κ1) is 13.5. The van der Waals surface area contributed by atoms with Crippen LogP contribution in [-0.4, -0.2) is 0 Å². The lowest BCUT2D eigenvalue weighted by molar-refractivity contribution is -0.599. The van der Waals surface area contributed by atoms with Gasteiger partial charge in [-0.3, -0.25) is 0 Å². The summed E-state index contributed by atoms with van der Waals surface area (Å²) >= 11 is -0.00645. The van der Waals surface area contributed by atoms with E-state index in [2.05, 4.69) is 36.4 Å². The molecule has 23 heavy (non-hydrogen) atoms. The lowest BCUT2D eigenvalue weighted by Crippen LogP contribution is -3.62. The Labute approximate surface area is 149 Å². The van der Waals surface area contributed by atoms with Gasteiger partial charge in [-0.15, -0.1) is 0 Å². The second-order valence-electron chi connectivity index (χ2n) is 8.00. The summed E-state index contributed by atoms with van der Waals surface area (Å²) in [5, 5.41) is 0. The summed E-state index contributed by atoms with van der Waals surface area (Å²) in [4.78, 5) is 0. The van der Waals surface area contributed by atoms with Crippen molar-refractivity contribution in [3.8, 4) is 0 Å². The van der Waals surface area contributed by atoms with Crippen molar-refractivity contribution in [2.24, 2.45) is 0 Å². The van der Waals surface area contributed by atoms with Gasteiger partial charge in [0.25, 0.3) is 0 Å². The fourth-order valence-corrected chi connectivity index (χ4v) is 9.45. The van der Waals surface area contributed by atoms with Crippen LogP contribution in [0.5, 0.6) is 0 Å². The first-order valence-electron chi connectivity index (χ1n) is 9.29. The Morgan fingerprint density at radius 3 is 1.87 bits per heavy atom. The van der Waals surface area contributed by atoms with Gasteiger partial charge in [0.1, 0.15) is 0 Å². The molecule has 2 aromatic carbocycles. The van der Waals surface area contributed by atoms with Gasteiger partial charge in [0, 0.05) is 11.1 Å². The first-order valence-corrected chi connectivity index (χ1v) is 11.4. The Hall–Kier alpha value is -0.830. The van der Waals surface area contributed by atoms with Crippen molar-refractivity contribution in [3.63, 3.8) is 0 Å². The molecule has 116 valence electrons. The maximum Gasteiger partial charge on any atom is 0.358 e. The van der Waals surface area contributed by atoms with Gasteiger partial charge >= 0.3 is 21.2 Å². The molecule has 4 aliphatic rings. The van der Waals surface area contributed by atoms with Crippen LogP contribution >= 0.6 is 0 Å². The third-order valence-electron chi connectivity index (χ3n) is 6.90. The highest BCUT2D eigenvalue weighted by Crippen LogP contribution is 2.59. The van der Waals surface area contributed by atoms with Crippen LogP contribution in [0.3, 0.4) is 0 Å². The summed E-state index contributed by atoms with van der Waals surface area (Å²) in [5.74, 6) is 3.66. The van der Waals surface area contributed by atoms with Crippen LogP contribution in [0.15, 0.2) is 36.4 Å². The second-order valence-corrected chi connectivity index (χ2v) is 10.9. The summed E-state index contributed by atoms with van der Waals surface area (Å²) < 4.78 is 3.51. The SMILES string of the molecule is c1ccc([I+]c2c3c(cc4c2[C@@H]2CC[C@H]4C2)[C@H]2CC[C@@H]3C2)cc1. The van der Waals surface area contributed by atoms with E-state index >= 15 is 0 Å². The Morgan fingerprint density at radius 1 is 0.696 bits per heavy atom. The number of fused-ring (bicyclic) bond motifs is 10. The Bertz CT molecular complexity index is 747. The molecule has 4 atom stereocenters. The predicted molar refractivity (Wildman–Crippen MR) is 88.9 cm³/mol. The van der Waals surface area contributed by atoms with Gasteiger partial charge in [0.2, 0.25) is 3.57 Å². The van der Waals surface area contributed by atoms with Gasteiger partial charge < -0.3 is 0 Å². The number of halogens is 1. The predicted octanol–water partition coefficient (Wildman–Crippen LogP) is 2.54. The lowest BCUT2D eigenvalue weighted by Gasteiger charge is -2.22. The highest BCUT2D eigenvalue weighted by Gasteiger charge is 2.49. The molecule has 6 rings (SSSR count). The fraction of sp³-hybridized carbons (Fsp3) is 0.455. The molecule has 2 saturated carbocycles. The molecule has 0 radical (unpaired) electrons. The Morgan fingerprint density at radius 2 is 1.26 bits per heavy atom. The van der Waals surface area contributed by atoms with Gasteiger partial charge in [-0.25, -0.2) is 0 Å². The first-order chi connectivity index (χ1) is 11.4. The summed E-state index contributed by atoms with van der Waals surface area (Å²) in [6.07, 6.45) is 8.81. The molecule has 0 saturated heterocycles. The third-order valence-corrected chi connectivity index (χ3v) is 9.95. The van der Waals surface area contributed by atoms with Crippen LogP contribution < -0.4 is 21.2 Å². The van der Waals surface area contributed by atoms with E-state index in [0.29, 0.717) is 0 Å². The molecule has 0 unspecified atom stereocenters. The maximum absolute atomic E-state index is 2.70. The minimum absolute atomic E-state index is 0.00645. The molecule has 0 aliphatic heterocycles. The van der Waals surface area contributed by atoms with Crippen LogP contribution in [0.4, 0.5) is 0 Å². The average Bonchev–Trinajstić information content (AvgIpc) is 3.36. The summed E-state index contributed by atoms with van der Waals surface area (Å²) in [6, 6.07) is 14.1. The second kappa shape index (κ2) is 4.84. The van der Waals surface area contributed by atoms with E-state index in [1.54, 1.807) is 14.7 Å². The van der Waals surface area contributed by atoms with Crippen molar-refractivity contribution in [1.29, 1.82) is 0 Å². The molecular formula is C22H22I+.